The van der Waals surface area contributed by atoms with Crippen molar-refractivity contribution in [2.75, 3.05) is 25.0 Å². The molecule has 1 N–H and O–H groups in total. The molecule has 7 heteroatoms. The first-order chi connectivity index (χ1) is 15.7. The highest BCUT2D eigenvalue weighted by molar-refractivity contribution is 6.02. The van der Waals surface area contributed by atoms with Crippen LogP contribution in [0.5, 0.6) is 0 Å². The normalized spacial score (nSPS) is 16.8. The minimum absolute atomic E-state index is 0.0453. The van der Waals surface area contributed by atoms with Crippen LogP contribution in [0.4, 0.5) is 10.1 Å². The number of nitrogens with one attached hydrogen (secondary N) is 1. The fraction of sp³-hybridized carbons (Fsp3) is 0.240. The number of carbonyl (C=O) groups excluding carboxylic acids is 1. The van der Waals surface area contributed by atoms with Crippen LogP contribution < -0.4 is 5.32 Å². The maximum Gasteiger partial charge on any atom is 0.238 e. The molecule has 1 aliphatic rings. The number of piperidine rings is 1. The van der Waals surface area contributed by atoms with E-state index in [9.17, 15) is 9.18 Å². The largest absolute Gasteiger partial charge is 0.339 e. The van der Waals surface area contributed by atoms with E-state index in [0.717, 1.165) is 35.8 Å². The lowest BCUT2D eigenvalue weighted by Crippen LogP contribution is -2.39. The van der Waals surface area contributed by atoms with Crippen LogP contribution in [-0.2, 0) is 4.79 Å². The standard InChI is InChI=1S/C25H23FN4O2/c26-20-10-3-8-18(14-20)24-28-25(32-29-24)19-9-5-13-30(15-19)16-23(31)27-22-12-4-7-17-6-1-2-11-21(17)22/h1-4,6-8,10-12,14,19H,5,9,13,15-16H2,(H,27,31). The molecule has 32 heavy (non-hydrogen) atoms. The second-order valence-corrected chi connectivity index (χ2v) is 8.12. The van der Waals surface area contributed by atoms with Crippen molar-refractivity contribution in [2.45, 2.75) is 18.8 Å². The summed E-state index contributed by atoms with van der Waals surface area (Å²) in [7, 11) is 0. The number of hydrogen-bond acceptors (Lipinski definition) is 5. The fourth-order valence-electron chi connectivity index (χ4n) is 4.27. The summed E-state index contributed by atoms with van der Waals surface area (Å²) < 4.78 is 19.0. The highest BCUT2D eigenvalue weighted by Crippen LogP contribution is 2.28. The molecule has 0 saturated carbocycles. The third-order valence-electron chi connectivity index (χ3n) is 5.81. The number of likely N-dealkylation sites (tertiary alicyclic amines) is 1. The molecule has 1 amide bonds. The minimum atomic E-state index is -0.338. The summed E-state index contributed by atoms with van der Waals surface area (Å²) in [5.74, 6) is 0.570. The number of rotatable bonds is 5. The molecule has 1 fully saturated rings. The molecule has 0 spiro atoms. The third-order valence-corrected chi connectivity index (χ3v) is 5.81. The second-order valence-electron chi connectivity index (χ2n) is 8.12. The number of anilines is 1. The maximum absolute atomic E-state index is 13.5. The summed E-state index contributed by atoms with van der Waals surface area (Å²) in [6, 6.07) is 20.0. The smallest absolute Gasteiger partial charge is 0.238 e. The van der Waals surface area contributed by atoms with Crippen molar-refractivity contribution < 1.29 is 13.7 Å². The molecule has 2 heterocycles. The van der Waals surface area contributed by atoms with Gasteiger partial charge in [0.05, 0.1) is 12.5 Å². The molecule has 4 aromatic rings. The van der Waals surface area contributed by atoms with Crippen molar-refractivity contribution in [1.29, 1.82) is 0 Å². The molecular formula is C25H23FN4O2. The zero-order valence-electron chi connectivity index (χ0n) is 17.5. The van der Waals surface area contributed by atoms with Gasteiger partial charge < -0.3 is 9.84 Å². The topological polar surface area (TPSA) is 71.3 Å². The number of halogens is 1. The molecule has 1 aromatic heterocycles. The Morgan fingerprint density at radius 1 is 1.12 bits per heavy atom. The van der Waals surface area contributed by atoms with E-state index in [1.165, 1.54) is 12.1 Å². The van der Waals surface area contributed by atoms with Gasteiger partial charge in [-0.2, -0.15) is 4.98 Å². The van der Waals surface area contributed by atoms with Gasteiger partial charge in [0.2, 0.25) is 17.6 Å². The van der Waals surface area contributed by atoms with Gasteiger partial charge in [-0.3, -0.25) is 9.69 Å². The molecule has 3 aromatic carbocycles. The van der Waals surface area contributed by atoms with E-state index in [2.05, 4.69) is 20.4 Å². The van der Waals surface area contributed by atoms with E-state index in [4.69, 9.17) is 4.52 Å². The Morgan fingerprint density at radius 2 is 1.97 bits per heavy atom. The van der Waals surface area contributed by atoms with Gasteiger partial charge in [0.1, 0.15) is 5.82 Å². The number of nitrogens with zero attached hydrogens (tertiary/aromatic N) is 3. The zero-order valence-corrected chi connectivity index (χ0v) is 17.5. The minimum Gasteiger partial charge on any atom is -0.339 e. The highest BCUT2D eigenvalue weighted by atomic mass is 19.1. The van der Waals surface area contributed by atoms with Gasteiger partial charge >= 0.3 is 0 Å². The van der Waals surface area contributed by atoms with E-state index in [-0.39, 0.29) is 17.6 Å². The number of amides is 1. The molecule has 0 radical (unpaired) electrons. The Balaban J connectivity index is 1.24. The second kappa shape index (κ2) is 8.88. The molecule has 0 bridgehead atoms. The SMILES string of the molecule is O=C(CN1CCCC(c2nc(-c3cccc(F)c3)no2)C1)Nc1cccc2ccccc12. The van der Waals surface area contributed by atoms with Gasteiger partial charge in [-0.15, -0.1) is 0 Å². The summed E-state index contributed by atoms with van der Waals surface area (Å²) >= 11 is 0. The van der Waals surface area contributed by atoms with Crippen molar-refractivity contribution in [3.05, 3.63) is 78.4 Å². The monoisotopic (exact) mass is 430 g/mol. The first kappa shape index (κ1) is 20.3. The molecule has 1 atom stereocenters. The van der Waals surface area contributed by atoms with Crippen molar-refractivity contribution in [1.82, 2.24) is 15.0 Å². The molecule has 0 aliphatic carbocycles. The van der Waals surface area contributed by atoms with Crippen LogP contribution in [0.25, 0.3) is 22.2 Å². The first-order valence-corrected chi connectivity index (χ1v) is 10.8. The van der Waals surface area contributed by atoms with E-state index >= 15 is 0 Å². The van der Waals surface area contributed by atoms with Crippen LogP contribution in [-0.4, -0.2) is 40.6 Å². The Hall–Kier alpha value is -3.58. The van der Waals surface area contributed by atoms with E-state index in [0.29, 0.717) is 30.4 Å². The summed E-state index contributed by atoms with van der Waals surface area (Å²) in [5.41, 5.74) is 1.40. The lowest BCUT2D eigenvalue weighted by atomic mass is 9.98. The van der Waals surface area contributed by atoms with Crippen molar-refractivity contribution in [3.63, 3.8) is 0 Å². The lowest BCUT2D eigenvalue weighted by molar-refractivity contribution is -0.117. The highest BCUT2D eigenvalue weighted by Gasteiger charge is 2.27. The van der Waals surface area contributed by atoms with Crippen molar-refractivity contribution in [3.8, 4) is 11.4 Å². The van der Waals surface area contributed by atoms with Crippen molar-refractivity contribution >= 4 is 22.4 Å². The Labute approximate surface area is 185 Å². The van der Waals surface area contributed by atoms with Gasteiger partial charge in [0.25, 0.3) is 0 Å². The predicted octanol–water partition coefficient (Wildman–Crippen LogP) is 4.85. The predicted molar refractivity (Wildman–Crippen MR) is 121 cm³/mol. The van der Waals surface area contributed by atoms with Crippen molar-refractivity contribution in [2.24, 2.45) is 0 Å². The van der Waals surface area contributed by atoms with Gasteiger partial charge in [0.15, 0.2) is 0 Å². The Morgan fingerprint density at radius 3 is 2.88 bits per heavy atom. The summed E-state index contributed by atoms with van der Waals surface area (Å²) in [6.07, 6.45) is 1.84. The Bertz CT molecular complexity index is 1250. The summed E-state index contributed by atoms with van der Waals surface area (Å²) in [4.78, 5) is 19.3. The van der Waals surface area contributed by atoms with E-state index < -0.39 is 0 Å². The quantitative estimate of drug-likeness (QED) is 0.490. The average molecular weight is 430 g/mol. The maximum atomic E-state index is 13.5. The van der Waals surface area contributed by atoms with E-state index in [1.807, 2.05) is 42.5 Å². The van der Waals surface area contributed by atoms with Gasteiger partial charge in [-0.25, -0.2) is 4.39 Å². The molecule has 1 aliphatic heterocycles. The van der Waals surface area contributed by atoms with Gasteiger partial charge in [-0.1, -0.05) is 53.7 Å². The van der Waals surface area contributed by atoms with Crippen LogP contribution in [0, 0.1) is 5.82 Å². The third kappa shape index (κ3) is 4.38. The molecule has 1 unspecified atom stereocenters. The number of hydrogen-bond donors (Lipinski definition) is 1. The average Bonchev–Trinajstić information content (AvgIpc) is 3.30. The number of fused-ring (bicyclic) bond motifs is 1. The van der Waals surface area contributed by atoms with Gasteiger partial charge in [-0.05, 0) is 43.0 Å². The summed E-state index contributed by atoms with van der Waals surface area (Å²) in [6.45, 7) is 1.79. The zero-order chi connectivity index (χ0) is 21.9. The van der Waals surface area contributed by atoms with E-state index in [1.54, 1.807) is 12.1 Å². The Kier molecular flexibility index (Phi) is 5.64. The molecule has 5 rings (SSSR count). The number of aromatic nitrogens is 2. The summed E-state index contributed by atoms with van der Waals surface area (Å²) in [5, 5.41) is 9.19. The number of carbonyl (C=O) groups is 1. The fourth-order valence-corrected chi connectivity index (χ4v) is 4.27. The van der Waals surface area contributed by atoms with Gasteiger partial charge in [0, 0.05) is 23.2 Å². The van der Waals surface area contributed by atoms with Crippen LogP contribution in [0.15, 0.2) is 71.3 Å². The van der Waals surface area contributed by atoms with Crippen LogP contribution in [0.2, 0.25) is 0 Å². The van der Waals surface area contributed by atoms with Crippen LogP contribution in [0.1, 0.15) is 24.7 Å². The molecule has 6 nitrogen and oxygen atoms in total. The first-order valence-electron chi connectivity index (χ1n) is 10.8. The molecule has 1 saturated heterocycles. The molecular weight excluding hydrogens is 407 g/mol. The molecule has 162 valence electrons. The van der Waals surface area contributed by atoms with Crippen LogP contribution >= 0.6 is 0 Å². The number of benzene rings is 3. The lowest BCUT2D eigenvalue weighted by Gasteiger charge is -2.30. The van der Waals surface area contributed by atoms with Crippen LogP contribution in [0.3, 0.4) is 0 Å².